The van der Waals surface area contributed by atoms with Crippen LogP contribution in [0.4, 0.5) is 4.79 Å². The predicted octanol–water partition coefficient (Wildman–Crippen LogP) is 2.03. The van der Waals surface area contributed by atoms with Crippen molar-refractivity contribution in [2.45, 2.75) is 59.6 Å². The van der Waals surface area contributed by atoms with Gasteiger partial charge < -0.3 is 19.5 Å². The molecule has 7 nitrogen and oxygen atoms in total. The molecule has 1 atom stereocenters. The first-order valence-electron chi connectivity index (χ1n) is 6.98. The van der Waals surface area contributed by atoms with Gasteiger partial charge in [-0.25, -0.2) is 9.59 Å². The summed E-state index contributed by atoms with van der Waals surface area (Å²) in [6, 6.07) is 0. The van der Waals surface area contributed by atoms with Crippen LogP contribution in [0.25, 0.3) is 0 Å². The van der Waals surface area contributed by atoms with E-state index in [-0.39, 0.29) is 6.61 Å². The highest BCUT2D eigenvalue weighted by molar-refractivity contribution is 5.86. The molecule has 0 aromatic heterocycles. The zero-order chi connectivity index (χ0) is 17.8. The maximum absolute atomic E-state index is 11.9. The number of rotatable bonds is 4. The molecule has 128 valence electrons. The quantitative estimate of drug-likeness (QED) is 0.630. The van der Waals surface area contributed by atoms with Crippen LogP contribution in [0.5, 0.6) is 0 Å². The third-order valence-corrected chi connectivity index (χ3v) is 2.52. The van der Waals surface area contributed by atoms with Crippen molar-refractivity contribution in [3.05, 3.63) is 0 Å². The summed E-state index contributed by atoms with van der Waals surface area (Å²) in [5, 5.41) is 2.39. The molecule has 22 heavy (non-hydrogen) atoms. The van der Waals surface area contributed by atoms with E-state index in [0.717, 1.165) is 0 Å². The number of ether oxygens (including phenoxy) is 3. The average molecular weight is 317 g/mol. The van der Waals surface area contributed by atoms with Gasteiger partial charge in [0.05, 0.1) is 12.5 Å². The van der Waals surface area contributed by atoms with Crippen LogP contribution >= 0.6 is 0 Å². The summed E-state index contributed by atoms with van der Waals surface area (Å²) in [5.74, 6) is -1.23. The highest BCUT2D eigenvalue weighted by Crippen LogP contribution is 2.18. The molecular weight excluding hydrogens is 290 g/mol. The van der Waals surface area contributed by atoms with Gasteiger partial charge in [0.25, 0.3) is 0 Å². The second-order valence-corrected chi connectivity index (χ2v) is 7.28. The number of hydrogen-bond donors (Lipinski definition) is 1. The van der Waals surface area contributed by atoms with Gasteiger partial charge in [-0.1, -0.05) is 0 Å². The molecular formula is C15H27NO6. The van der Waals surface area contributed by atoms with E-state index in [1.807, 2.05) is 0 Å². The van der Waals surface area contributed by atoms with Gasteiger partial charge >= 0.3 is 18.0 Å². The van der Waals surface area contributed by atoms with Crippen molar-refractivity contribution in [3.63, 3.8) is 0 Å². The van der Waals surface area contributed by atoms with E-state index in [0.29, 0.717) is 0 Å². The van der Waals surface area contributed by atoms with Crippen LogP contribution in [0.2, 0.25) is 0 Å². The highest BCUT2D eigenvalue weighted by atomic mass is 16.6. The minimum Gasteiger partial charge on any atom is -0.467 e. The van der Waals surface area contributed by atoms with Crippen molar-refractivity contribution in [3.8, 4) is 0 Å². The molecule has 0 unspecified atom stereocenters. The molecule has 0 spiro atoms. The summed E-state index contributed by atoms with van der Waals surface area (Å²) >= 11 is 0. The van der Waals surface area contributed by atoms with E-state index >= 15 is 0 Å². The summed E-state index contributed by atoms with van der Waals surface area (Å²) in [5.41, 5.74) is -2.97. The number of amides is 1. The van der Waals surface area contributed by atoms with Gasteiger partial charge in [-0.2, -0.15) is 0 Å². The van der Waals surface area contributed by atoms with Crippen molar-refractivity contribution in [2.24, 2.45) is 5.41 Å². The molecule has 0 rings (SSSR count). The topological polar surface area (TPSA) is 90.9 Å². The lowest BCUT2D eigenvalue weighted by Crippen LogP contribution is -2.57. The average Bonchev–Trinajstić information content (AvgIpc) is 2.31. The van der Waals surface area contributed by atoms with Crippen LogP contribution in [0, 0.1) is 5.41 Å². The largest absolute Gasteiger partial charge is 0.467 e. The molecule has 7 heteroatoms. The minimum atomic E-state index is -1.53. The Morgan fingerprint density at radius 1 is 0.909 bits per heavy atom. The van der Waals surface area contributed by atoms with Crippen LogP contribution in [0.15, 0.2) is 0 Å². The van der Waals surface area contributed by atoms with E-state index in [9.17, 15) is 14.4 Å². The minimum absolute atomic E-state index is 0.352. The SMILES string of the molecule is COC(=O)[C@@](C)(COC(=O)C(C)(C)C)NC(=O)OC(C)(C)C. The van der Waals surface area contributed by atoms with Gasteiger partial charge in [0.1, 0.15) is 12.2 Å². The number of esters is 2. The van der Waals surface area contributed by atoms with Crippen LogP contribution in [0.1, 0.15) is 48.5 Å². The summed E-state index contributed by atoms with van der Waals surface area (Å²) < 4.78 is 14.9. The lowest BCUT2D eigenvalue weighted by atomic mass is 9.97. The van der Waals surface area contributed by atoms with E-state index in [4.69, 9.17) is 9.47 Å². The maximum Gasteiger partial charge on any atom is 0.408 e. The van der Waals surface area contributed by atoms with Gasteiger partial charge in [0.2, 0.25) is 0 Å². The number of carbonyl (C=O) groups is 3. The van der Waals surface area contributed by atoms with Gasteiger partial charge in [-0.15, -0.1) is 0 Å². The van der Waals surface area contributed by atoms with Gasteiger partial charge in [0, 0.05) is 0 Å². The Hall–Kier alpha value is -1.79. The van der Waals surface area contributed by atoms with Gasteiger partial charge in [-0.05, 0) is 48.5 Å². The molecule has 0 aromatic rings. The Balaban J connectivity index is 4.99. The normalized spacial score (nSPS) is 14.5. The number of methoxy groups -OCH3 is 1. The second-order valence-electron chi connectivity index (χ2n) is 7.28. The van der Waals surface area contributed by atoms with Crippen molar-refractivity contribution in [1.29, 1.82) is 0 Å². The highest BCUT2D eigenvalue weighted by Gasteiger charge is 2.40. The molecule has 1 N–H and O–H groups in total. The van der Waals surface area contributed by atoms with Crippen LogP contribution < -0.4 is 5.32 Å². The Kier molecular flexibility index (Phi) is 6.41. The zero-order valence-corrected chi connectivity index (χ0v) is 14.7. The molecule has 1 amide bonds. The lowest BCUT2D eigenvalue weighted by Gasteiger charge is -2.30. The van der Waals surface area contributed by atoms with Crippen molar-refractivity contribution in [2.75, 3.05) is 13.7 Å². The molecule has 0 aliphatic rings. The Morgan fingerprint density at radius 2 is 1.41 bits per heavy atom. The molecule has 0 radical (unpaired) electrons. The molecule has 0 aliphatic carbocycles. The van der Waals surface area contributed by atoms with Crippen molar-refractivity contribution in [1.82, 2.24) is 5.32 Å². The first kappa shape index (κ1) is 20.2. The monoisotopic (exact) mass is 317 g/mol. The van der Waals surface area contributed by atoms with E-state index in [1.54, 1.807) is 41.5 Å². The summed E-state index contributed by atoms with van der Waals surface area (Å²) in [7, 11) is 1.18. The first-order valence-corrected chi connectivity index (χ1v) is 6.98. The fraction of sp³-hybridized carbons (Fsp3) is 0.800. The van der Waals surface area contributed by atoms with Gasteiger partial charge in [0.15, 0.2) is 5.54 Å². The molecule has 0 heterocycles. The number of nitrogens with one attached hydrogen (secondary N) is 1. The summed E-state index contributed by atoms with van der Waals surface area (Å²) in [4.78, 5) is 35.6. The molecule has 0 bridgehead atoms. The zero-order valence-electron chi connectivity index (χ0n) is 14.7. The van der Waals surface area contributed by atoms with E-state index in [1.165, 1.54) is 14.0 Å². The maximum atomic E-state index is 11.9. The molecule has 0 aromatic carbocycles. The van der Waals surface area contributed by atoms with Crippen LogP contribution in [-0.4, -0.2) is 42.9 Å². The number of alkyl carbamates (subject to hydrolysis) is 1. The molecule has 0 aliphatic heterocycles. The van der Waals surface area contributed by atoms with Crippen molar-refractivity contribution < 1.29 is 28.6 Å². The fourth-order valence-electron chi connectivity index (χ4n) is 1.33. The third kappa shape index (κ3) is 6.78. The fourth-order valence-corrected chi connectivity index (χ4v) is 1.33. The molecule has 0 saturated carbocycles. The van der Waals surface area contributed by atoms with Crippen LogP contribution in [-0.2, 0) is 23.8 Å². The Morgan fingerprint density at radius 3 is 1.77 bits per heavy atom. The van der Waals surface area contributed by atoms with E-state index in [2.05, 4.69) is 10.1 Å². The van der Waals surface area contributed by atoms with Gasteiger partial charge in [-0.3, -0.25) is 4.79 Å². The summed E-state index contributed by atoms with van der Waals surface area (Å²) in [6.45, 7) is 11.2. The first-order chi connectivity index (χ1) is 9.71. The predicted molar refractivity (Wildman–Crippen MR) is 80.2 cm³/mol. The van der Waals surface area contributed by atoms with Crippen LogP contribution in [0.3, 0.4) is 0 Å². The standard InChI is InChI=1S/C15H27NO6/c1-13(2,3)10(17)21-9-15(7,11(18)20-8)16-12(19)22-14(4,5)6/h9H2,1-8H3,(H,16,19)/t15-/m1/s1. The third-order valence-electron chi connectivity index (χ3n) is 2.52. The second kappa shape index (κ2) is 6.98. The Labute approximate surface area is 131 Å². The number of hydrogen-bond acceptors (Lipinski definition) is 6. The molecule has 0 saturated heterocycles. The lowest BCUT2D eigenvalue weighted by molar-refractivity contribution is -0.161. The Bertz CT molecular complexity index is 432. The van der Waals surface area contributed by atoms with Crippen molar-refractivity contribution >= 4 is 18.0 Å². The smallest absolute Gasteiger partial charge is 0.408 e. The van der Waals surface area contributed by atoms with E-state index < -0.39 is 34.6 Å². The summed E-state index contributed by atoms with van der Waals surface area (Å²) in [6.07, 6.45) is -0.799. The molecule has 0 fully saturated rings. The number of carbonyl (C=O) groups excluding carboxylic acids is 3.